The van der Waals surface area contributed by atoms with Crippen LogP contribution in [0.2, 0.25) is 0 Å². The Bertz CT molecular complexity index is 556. The smallest absolute Gasteiger partial charge is 0.427 e. The topological polar surface area (TPSA) is 71.1 Å². The molecular weight excluding hydrogens is 494 g/mol. The predicted octanol–water partition coefficient (Wildman–Crippen LogP) is 4.34. The summed E-state index contributed by atoms with van der Waals surface area (Å²) >= 11 is 3.12. The number of rotatable bonds is 4. The van der Waals surface area contributed by atoms with Gasteiger partial charge in [0, 0.05) is 5.56 Å². The van der Waals surface area contributed by atoms with Crippen LogP contribution in [0.3, 0.4) is 0 Å². The third-order valence-corrected chi connectivity index (χ3v) is 3.52. The van der Waals surface area contributed by atoms with Gasteiger partial charge < -0.3 is 7.80 Å². The number of ketones is 1. The van der Waals surface area contributed by atoms with Crippen molar-refractivity contribution in [1.82, 2.24) is 0 Å². The van der Waals surface area contributed by atoms with Crippen LogP contribution in [0, 0.1) is 20.8 Å². The zero-order valence-electron chi connectivity index (χ0n) is 11.2. The molecule has 1 rings (SSSR count). The minimum atomic E-state index is -1.01. The molecule has 1 aromatic carbocycles. The maximum Gasteiger partial charge on any atom is 0.546 e. The van der Waals surface area contributed by atoms with Crippen LogP contribution in [0.15, 0.2) is 0 Å². The van der Waals surface area contributed by atoms with Crippen LogP contribution in [-0.4, -0.2) is 11.9 Å². The first kappa shape index (κ1) is 17.4. The molecule has 0 unspecified atom stereocenters. The van der Waals surface area contributed by atoms with Gasteiger partial charge in [-0.1, -0.05) is 0 Å². The van der Waals surface area contributed by atoms with Gasteiger partial charge in [0.1, 0.15) is 11.5 Å². The van der Waals surface area contributed by atoms with Crippen LogP contribution in [-0.2, 0) is 8.10 Å². The fourth-order valence-electron chi connectivity index (χ4n) is 1.89. The first-order valence-electron chi connectivity index (χ1n) is 5.45. The minimum absolute atomic E-state index is 0.180. The molecular formula is C12H12I2O6. The van der Waals surface area contributed by atoms with E-state index in [2.05, 4.69) is 8.10 Å². The lowest BCUT2D eigenvalue weighted by atomic mass is 9.95. The quantitative estimate of drug-likeness (QED) is 0.151. The summed E-state index contributed by atoms with van der Waals surface area (Å²) in [5, 5.41) is 0. The molecule has 1 aromatic rings. The van der Waals surface area contributed by atoms with Crippen molar-refractivity contribution in [3.05, 3.63) is 22.3 Å². The molecule has 0 aliphatic carbocycles. The summed E-state index contributed by atoms with van der Waals surface area (Å²) in [5.74, 6) is 0.558. The Labute approximate surface area is 144 Å². The van der Waals surface area contributed by atoms with E-state index in [0.29, 0.717) is 28.0 Å². The van der Waals surface area contributed by atoms with Gasteiger partial charge in [-0.2, -0.15) is 0 Å². The maximum atomic E-state index is 11.8. The van der Waals surface area contributed by atoms with Crippen molar-refractivity contribution in [3.8, 4) is 11.5 Å². The standard InChI is InChI=1S/C12H12I2O6/c1-5-6(2)11(18-13)9(8(4)15)7(3)10(5)17-12(16)19-20-14/h1-4H3. The zero-order valence-corrected chi connectivity index (χ0v) is 15.5. The largest absolute Gasteiger partial charge is 0.546 e. The number of ether oxygens (including phenoxy) is 1. The molecule has 110 valence electrons. The number of benzene rings is 1. The molecule has 8 heteroatoms. The van der Waals surface area contributed by atoms with Crippen LogP contribution in [0.5, 0.6) is 11.5 Å². The van der Waals surface area contributed by atoms with Gasteiger partial charge >= 0.3 is 6.16 Å². The van der Waals surface area contributed by atoms with Gasteiger partial charge in [-0.3, -0.25) is 4.79 Å². The molecule has 0 aliphatic rings. The third-order valence-electron chi connectivity index (χ3n) is 2.90. The molecule has 0 amide bonds. The van der Waals surface area contributed by atoms with Gasteiger partial charge in [-0.25, -0.2) is 9.68 Å². The number of carbonyl (C=O) groups is 2. The van der Waals surface area contributed by atoms with Gasteiger partial charge in [0.15, 0.2) is 51.8 Å². The van der Waals surface area contributed by atoms with E-state index in [1.807, 2.05) is 0 Å². The Kier molecular flexibility index (Phi) is 6.45. The van der Waals surface area contributed by atoms with Crippen molar-refractivity contribution < 1.29 is 25.5 Å². The number of hydrogen-bond donors (Lipinski definition) is 0. The molecule has 20 heavy (non-hydrogen) atoms. The molecule has 0 heterocycles. The SMILES string of the molecule is CC(=O)c1c(C)c(OC(=O)OOI)c(C)c(C)c1OI. The average Bonchev–Trinajstić information content (AvgIpc) is 2.38. The molecule has 0 N–H and O–H groups in total. The van der Waals surface area contributed by atoms with E-state index in [4.69, 9.17) is 7.80 Å². The predicted molar refractivity (Wildman–Crippen MR) is 87.5 cm³/mol. The monoisotopic (exact) mass is 506 g/mol. The lowest BCUT2D eigenvalue weighted by Gasteiger charge is -2.18. The van der Waals surface area contributed by atoms with Gasteiger partial charge in [0.05, 0.1) is 5.56 Å². The second kappa shape index (κ2) is 7.41. The van der Waals surface area contributed by atoms with Crippen LogP contribution in [0.1, 0.15) is 34.0 Å². The van der Waals surface area contributed by atoms with Crippen molar-refractivity contribution in [2.45, 2.75) is 27.7 Å². The van der Waals surface area contributed by atoms with Crippen LogP contribution in [0.4, 0.5) is 4.79 Å². The van der Waals surface area contributed by atoms with Gasteiger partial charge in [-0.05, 0) is 38.8 Å². The second-order valence-corrected chi connectivity index (χ2v) is 4.84. The second-order valence-electron chi connectivity index (χ2n) is 4.04. The highest BCUT2D eigenvalue weighted by atomic mass is 127. The molecule has 0 saturated carbocycles. The molecule has 0 fully saturated rings. The Hall–Kier alpha value is -0.620. The Morgan fingerprint density at radius 2 is 1.50 bits per heavy atom. The molecule has 0 atom stereocenters. The van der Waals surface area contributed by atoms with Crippen LogP contribution >= 0.6 is 46.0 Å². The van der Waals surface area contributed by atoms with E-state index in [0.717, 1.165) is 0 Å². The summed E-state index contributed by atoms with van der Waals surface area (Å²) in [6.07, 6.45) is -1.01. The van der Waals surface area contributed by atoms with E-state index in [1.54, 1.807) is 43.8 Å². The van der Waals surface area contributed by atoms with E-state index >= 15 is 0 Å². The zero-order chi connectivity index (χ0) is 15.4. The lowest BCUT2D eigenvalue weighted by molar-refractivity contribution is -0.116. The normalized spacial score (nSPS) is 10.1. The Morgan fingerprint density at radius 1 is 0.950 bits per heavy atom. The Morgan fingerprint density at radius 3 is 1.95 bits per heavy atom. The highest BCUT2D eigenvalue weighted by molar-refractivity contribution is 14.1. The fraction of sp³-hybridized carbons (Fsp3) is 0.333. The highest BCUT2D eigenvalue weighted by Gasteiger charge is 2.24. The third kappa shape index (κ3) is 3.52. The average molecular weight is 506 g/mol. The van der Waals surface area contributed by atoms with E-state index in [1.165, 1.54) is 29.9 Å². The van der Waals surface area contributed by atoms with E-state index < -0.39 is 6.16 Å². The summed E-state index contributed by atoms with van der Waals surface area (Å²) in [7, 11) is 0. The van der Waals surface area contributed by atoms with Gasteiger partial charge in [-0.15, -0.1) is 3.22 Å². The molecule has 0 aliphatic heterocycles. The number of Topliss-reactive ketones (excluding diaryl/α,β-unsaturated/α-hetero) is 1. The molecule has 0 saturated heterocycles. The van der Waals surface area contributed by atoms with E-state index in [-0.39, 0.29) is 11.5 Å². The summed E-state index contributed by atoms with van der Waals surface area (Å²) in [4.78, 5) is 27.4. The summed E-state index contributed by atoms with van der Waals surface area (Å²) in [6.45, 7) is 6.64. The lowest BCUT2D eigenvalue weighted by Crippen LogP contribution is -2.13. The van der Waals surface area contributed by atoms with Crippen molar-refractivity contribution in [2.24, 2.45) is 0 Å². The van der Waals surface area contributed by atoms with Crippen LogP contribution < -0.4 is 7.80 Å². The highest BCUT2D eigenvalue weighted by Crippen LogP contribution is 2.39. The summed E-state index contributed by atoms with van der Waals surface area (Å²) < 4.78 is 14.6. The number of carbonyl (C=O) groups excluding carboxylic acids is 2. The first-order chi connectivity index (χ1) is 9.34. The summed E-state index contributed by atoms with van der Waals surface area (Å²) in [5.41, 5.74) is 2.29. The van der Waals surface area contributed by atoms with Crippen molar-refractivity contribution in [3.63, 3.8) is 0 Å². The van der Waals surface area contributed by atoms with Gasteiger partial charge in [0.2, 0.25) is 0 Å². The number of halogens is 2. The molecule has 0 spiro atoms. The molecule has 6 nitrogen and oxygen atoms in total. The summed E-state index contributed by atoms with van der Waals surface area (Å²) in [6, 6.07) is 0. The van der Waals surface area contributed by atoms with Gasteiger partial charge in [0.25, 0.3) is 0 Å². The molecule has 0 aromatic heterocycles. The minimum Gasteiger partial charge on any atom is -0.427 e. The maximum absolute atomic E-state index is 11.8. The van der Waals surface area contributed by atoms with Crippen LogP contribution in [0.25, 0.3) is 0 Å². The van der Waals surface area contributed by atoms with Crippen molar-refractivity contribution >= 4 is 58.0 Å². The van der Waals surface area contributed by atoms with Crippen molar-refractivity contribution in [2.75, 3.05) is 0 Å². The van der Waals surface area contributed by atoms with E-state index in [9.17, 15) is 9.59 Å². The fourth-order valence-corrected chi connectivity index (χ4v) is 2.59. The first-order valence-corrected chi connectivity index (χ1v) is 7.21. The number of hydrogen-bond acceptors (Lipinski definition) is 6. The molecule has 0 radical (unpaired) electrons. The Balaban J connectivity index is 3.46. The van der Waals surface area contributed by atoms with Crippen molar-refractivity contribution in [1.29, 1.82) is 0 Å². The molecule has 0 bridgehead atoms.